The van der Waals surface area contributed by atoms with Gasteiger partial charge in [0.1, 0.15) is 0 Å². The van der Waals surface area contributed by atoms with Crippen molar-refractivity contribution in [3.05, 3.63) is 33.8 Å². The molecule has 7 heteroatoms. The van der Waals surface area contributed by atoms with Gasteiger partial charge in [-0.1, -0.05) is 36.2 Å². The highest BCUT2D eigenvalue weighted by molar-refractivity contribution is 7.80. The van der Waals surface area contributed by atoms with Crippen LogP contribution in [0.15, 0.2) is 18.2 Å². The van der Waals surface area contributed by atoms with Crippen LogP contribution in [-0.2, 0) is 11.2 Å². The minimum absolute atomic E-state index is 0.195. The zero-order valence-electron chi connectivity index (χ0n) is 10.4. The van der Waals surface area contributed by atoms with Gasteiger partial charge in [-0.3, -0.25) is 15.6 Å². The maximum atomic E-state index is 11.6. The third kappa shape index (κ3) is 6.09. The van der Waals surface area contributed by atoms with E-state index in [1.165, 1.54) is 0 Å². The highest BCUT2D eigenvalue weighted by atomic mass is 35.5. The molecule has 1 amide bonds. The Morgan fingerprint density at radius 1 is 1.26 bits per heavy atom. The zero-order valence-corrected chi connectivity index (χ0v) is 12.8. The number of hydrogen-bond donors (Lipinski definition) is 3. The fourth-order valence-corrected chi connectivity index (χ4v) is 1.76. The Morgan fingerprint density at radius 2 is 2.00 bits per heavy atom. The number of carbonyl (C=O) groups is 1. The molecule has 0 fully saturated rings. The molecule has 0 spiro atoms. The third-order valence-corrected chi connectivity index (χ3v) is 3.19. The summed E-state index contributed by atoms with van der Waals surface area (Å²) in [4.78, 5) is 11.6. The van der Waals surface area contributed by atoms with Gasteiger partial charge in [-0.05, 0) is 36.3 Å². The molecule has 0 heterocycles. The molecule has 1 aromatic rings. The summed E-state index contributed by atoms with van der Waals surface area (Å²) in [5.74, 6) is -0.209. The summed E-state index contributed by atoms with van der Waals surface area (Å²) >= 11 is 16.6. The molecule has 0 aromatic heterocycles. The van der Waals surface area contributed by atoms with Crippen molar-refractivity contribution in [3.63, 3.8) is 0 Å². The van der Waals surface area contributed by atoms with Gasteiger partial charge in [0.2, 0.25) is 5.91 Å². The van der Waals surface area contributed by atoms with Crippen molar-refractivity contribution in [3.8, 4) is 0 Å². The summed E-state index contributed by atoms with van der Waals surface area (Å²) in [6, 6.07) is 5.08. The van der Waals surface area contributed by atoms with Crippen molar-refractivity contribution in [2.24, 2.45) is 0 Å². The molecule has 1 rings (SSSR count). The van der Waals surface area contributed by atoms with Crippen LogP contribution in [0, 0.1) is 0 Å². The smallest absolute Gasteiger partial charge is 0.242 e. The second-order valence-electron chi connectivity index (χ2n) is 3.85. The van der Waals surface area contributed by atoms with Gasteiger partial charge >= 0.3 is 0 Å². The Kier molecular flexibility index (Phi) is 6.91. The number of halogens is 2. The lowest BCUT2D eigenvalue weighted by Crippen LogP contribution is -2.47. The van der Waals surface area contributed by atoms with Gasteiger partial charge in [-0.25, -0.2) is 0 Å². The van der Waals surface area contributed by atoms with E-state index < -0.39 is 0 Å². The summed E-state index contributed by atoms with van der Waals surface area (Å²) in [7, 11) is 0. The fraction of sp³-hybridized carbons (Fsp3) is 0.333. The van der Waals surface area contributed by atoms with Crippen LogP contribution in [0.2, 0.25) is 10.0 Å². The number of rotatable bonds is 4. The predicted molar refractivity (Wildman–Crippen MR) is 82.3 cm³/mol. The van der Waals surface area contributed by atoms with Gasteiger partial charge in [0.25, 0.3) is 0 Å². The highest BCUT2D eigenvalue weighted by Crippen LogP contribution is 2.22. The topological polar surface area (TPSA) is 53.2 Å². The molecule has 0 radical (unpaired) electrons. The minimum atomic E-state index is -0.209. The number of benzene rings is 1. The first kappa shape index (κ1) is 16.0. The molecular formula is C12H15Cl2N3OS. The number of thiocarbonyl (C=S) groups is 1. The van der Waals surface area contributed by atoms with Crippen LogP contribution in [0.25, 0.3) is 0 Å². The Balaban J connectivity index is 2.38. The minimum Gasteiger partial charge on any atom is -0.361 e. The first-order valence-corrected chi connectivity index (χ1v) is 6.96. The lowest BCUT2D eigenvalue weighted by molar-refractivity contribution is -0.121. The van der Waals surface area contributed by atoms with Crippen molar-refractivity contribution < 1.29 is 4.79 Å². The average molecular weight is 320 g/mol. The predicted octanol–water partition coefficient (Wildman–Crippen LogP) is 2.44. The molecule has 0 aliphatic carbocycles. The highest BCUT2D eigenvalue weighted by Gasteiger charge is 2.05. The van der Waals surface area contributed by atoms with E-state index in [-0.39, 0.29) is 12.3 Å². The number of amides is 1. The van der Waals surface area contributed by atoms with Crippen molar-refractivity contribution in [2.75, 3.05) is 6.54 Å². The monoisotopic (exact) mass is 319 g/mol. The molecule has 4 nitrogen and oxygen atoms in total. The normalized spacial score (nSPS) is 9.84. The lowest BCUT2D eigenvalue weighted by atomic mass is 10.1. The number of nitrogens with one attached hydrogen (secondary N) is 3. The quantitative estimate of drug-likeness (QED) is 0.589. The van der Waals surface area contributed by atoms with E-state index in [2.05, 4.69) is 16.2 Å². The van der Waals surface area contributed by atoms with Crippen LogP contribution in [0.4, 0.5) is 0 Å². The van der Waals surface area contributed by atoms with Gasteiger partial charge in [-0.2, -0.15) is 0 Å². The van der Waals surface area contributed by atoms with Crippen LogP contribution < -0.4 is 16.2 Å². The van der Waals surface area contributed by atoms with E-state index in [4.69, 9.17) is 35.4 Å². The second-order valence-corrected chi connectivity index (χ2v) is 5.08. The van der Waals surface area contributed by atoms with Gasteiger partial charge in [-0.15, -0.1) is 0 Å². The fourth-order valence-electron chi connectivity index (χ4n) is 1.29. The Hall–Kier alpha value is -1.04. The number of hydrogen-bond acceptors (Lipinski definition) is 2. The number of carbonyl (C=O) groups excluding carboxylic acids is 1. The van der Waals surface area contributed by atoms with Crippen molar-refractivity contribution in [2.45, 2.75) is 19.8 Å². The van der Waals surface area contributed by atoms with Gasteiger partial charge in [0, 0.05) is 6.54 Å². The van der Waals surface area contributed by atoms with E-state index in [9.17, 15) is 4.79 Å². The molecular weight excluding hydrogens is 305 g/mol. The van der Waals surface area contributed by atoms with Crippen LogP contribution in [0.5, 0.6) is 0 Å². The average Bonchev–Trinajstić information content (AvgIpc) is 2.38. The molecule has 0 unspecified atom stereocenters. The van der Waals surface area contributed by atoms with Crippen molar-refractivity contribution >= 4 is 46.4 Å². The summed E-state index contributed by atoms with van der Waals surface area (Å²) in [6.45, 7) is 2.78. The zero-order chi connectivity index (χ0) is 14.3. The first-order valence-electron chi connectivity index (χ1n) is 5.79. The molecule has 19 heavy (non-hydrogen) atoms. The largest absolute Gasteiger partial charge is 0.361 e. The molecule has 0 saturated heterocycles. The number of hydrazine groups is 1. The third-order valence-electron chi connectivity index (χ3n) is 2.20. The van der Waals surface area contributed by atoms with Gasteiger partial charge in [0.05, 0.1) is 16.5 Å². The van der Waals surface area contributed by atoms with Crippen LogP contribution in [-0.4, -0.2) is 17.6 Å². The van der Waals surface area contributed by atoms with E-state index in [1.807, 2.05) is 6.92 Å². The van der Waals surface area contributed by atoms with Gasteiger partial charge in [0.15, 0.2) is 5.11 Å². The molecule has 0 aliphatic heterocycles. The summed E-state index contributed by atoms with van der Waals surface area (Å²) in [6.07, 6.45) is 1.15. The SMILES string of the molecule is CCCNC(=S)NNC(=O)Cc1ccc(Cl)c(Cl)c1. The molecule has 1 aromatic carbocycles. The summed E-state index contributed by atoms with van der Waals surface area (Å²) in [5.41, 5.74) is 5.91. The second kappa shape index (κ2) is 8.19. The molecule has 104 valence electrons. The van der Waals surface area contributed by atoms with E-state index in [1.54, 1.807) is 18.2 Å². The van der Waals surface area contributed by atoms with E-state index in [0.29, 0.717) is 15.2 Å². The molecule has 0 bridgehead atoms. The van der Waals surface area contributed by atoms with Crippen LogP contribution in [0.3, 0.4) is 0 Å². The standard InChI is InChI=1S/C12H15Cl2N3OS/c1-2-5-15-12(19)17-16-11(18)7-8-3-4-9(13)10(14)6-8/h3-4,6H,2,5,7H2,1H3,(H,16,18)(H2,15,17,19). The Bertz CT molecular complexity index is 468. The molecule has 0 aliphatic rings. The molecule has 3 N–H and O–H groups in total. The first-order chi connectivity index (χ1) is 9.02. The Morgan fingerprint density at radius 3 is 2.63 bits per heavy atom. The maximum absolute atomic E-state index is 11.6. The Labute approximate surface area is 127 Å². The maximum Gasteiger partial charge on any atom is 0.242 e. The van der Waals surface area contributed by atoms with Crippen molar-refractivity contribution in [1.82, 2.24) is 16.2 Å². The molecule has 0 saturated carbocycles. The van der Waals surface area contributed by atoms with Crippen molar-refractivity contribution in [1.29, 1.82) is 0 Å². The lowest BCUT2D eigenvalue weighted by Gasteiger charge is -2.11. The van der Waals surface area contributed by atoms with E-state index in [0.717, 1.165) is 18.5 Å². The van der Waals surface area contributed by atoms with Crippen LogP contribution in [0.1, 0.15) is 18.9 Å². The van der Waals surface area contributed by atoms with Gasteiger partial charge < -0.3 is 5.32 Å². The summed E-state index contributed by atoms with van der Waals surface area (Å²) in [5, 5.41) is 4.23. The van der Waals surface area contributed by atoms with Crippen LogP contribution >= 0.6 is 35.4 Å². The molecule has 0 atom stereocenters. The van der Waals surface area contributed by atoms with E-state index >= 15 is 0 Å². The summed E-state index contributed by atoms with van der Waals surface area (Å²) < 4.78 is 0.